The molecule has 1 N–H and O–H groups in total. The van der Waals surface area contributed by atoms with Crippen molar-refractivity contribution in [2.75, 3.05) is 18.1 Å². The van der Waals surface area contributed by atoms with Crippen LogP contribution in [0.5, 0.6) is 0 Å². The van der Waals surface area contributed by atoms with Crippen LogP contribution >= 0.6 is 46.1 Å². The molecule has 0 radical (unpaired) electrons. The number of benzene rings is 1. The summed E-state index contributed by atoms with van der Waals surface area (Å²) >= 11 is 20.4. The predicted molar refractivity (Wildman–Crippen MR) is 126 cm³/mol. The highest BCUT2D eigenvalue weighted by Crippen LogP contribution is 2.45. The molecule has 3 heterocycles. The Balaban J connectivity index is 1.70. The van der Waals surface area contributed by atoms with Crippen molar-refractivity contribution in [2.24, 2.45) is 11.0 Å². The van der Waals surface area contributed by atoms with Crippen molar-refractivity contribution in [1.29, 1.82) is 0 Å². The van der Waals surface area contributed by atoms with Crippen molar-refractivity contribution in [3.8, 4) is 0 Å². The number of thiophene rings is 1. The van der Waals surface area contributed by atoms with Crippen molar-refractivity contribution >= 4 is 63.4 Å². The van der Waals surface area contributed by atoms with Crippen LogP contribution in [-0.4, -0.2) is 29.7 Å². The van der Waals surface area contributed by atoms with Gasteiger partial charge in [-0.15, -0.1) is 11.3 Å². The first kappa shape index (κ1) is 21.9. The summed E-state index contributed by atoms with van der Waals surface area (Å²) in [6.45, 7) is 3.81. The number of hydrogen-bond donors (Lipinski definition) is 1. The Morgan fingerprint density at radius 3 is 2.57 bits per heavy atom. The Bertz CT molecular complexity index is 957. The summed E-state index contributed by atoms with van der Waals surface area (Å²) in [5.41, 5.74) is 4.29. The number of hydrazine groups is 1. The molecule has 0 bridgehead atoms. The fourth-order valence-electron chi connectivity index (χ4n) is 4.09. The van der Waals surface area contributed by atoms with E-state index in [4.69, 9.17) is 39.9 Å². The van der Waals surface area contributed by atoms with Crippen molar-refractivity contribution in [3.63, 3.8) is 0 Å². The Hall–Kier alpha value is -1.31. The minimum absolute atomic E-state index is 0.0868. The van der Waals surface area contributed by atoms with Crippen LogP contribution in [0.3, 0.4) is 0 Å². The number of piperidine rings is 1. The standard InChI is InChI=1S/C21H23Cl3N4OS/c1-2-14-19(21(29)26-27-10-4-3-5-11-27)25-28(16-7-6-13(22)12-15(16)23)20(14)17-8-9-18(24)30-17/h6-9,12,14,20H,2-5,10-11H2,1H3,(H,26,29)/t14-,20-/m0/s1. The maximum Gasteiger partial charge on any atom is 0.282 e. The topological polar surface area (TPSA) is 47.9 Å². The number of hydrazone groups is 1. The van der Waals surface area contributed by atoms with Crippen LogP contribution in [0.4, 0.5) is 5.69 Å². The van der Waals surface area contributed by atoms with Gasteiger partial charge in [0.2, 0.25) is 0 Å². The van der Waals surface area contributed by atoms with Gasteiger partial charge < -0.3 is 0 Å². The van der Waals surface area contributed by atoms with Crippen molar-refractivity contribution in [3.05, 3.63) is 49.6 Å². The van der Waals surface area contributed by atoms with E-state index in [9.17, 15) is 4.79 Å². The van der Waals surface area contributed by atoms with E-state index in [0.717, 1.165) is 42.9 Å². The molecule has 1 amide bonds. The molecule has 4 rings (SSSR count). The van der Waals surface area contributed by atoms with E-state index in [1.807, 2.05) is 28.2 Å². The molecule has 0 spiro atoms. The smallest absolute Gasteiger partial charge is 0.282 e. The van der Waals surface area contributed by atoms with Crippen molar-refractivity contribution in [1.82, 2.24) is 10.4 Å². The predicted octanol–water partition coefficient (Wildman–Crippen LogP) is 6.17. The Morgan fingerprint density at radius 2 is 1.93 bits per heavy atom. The summed E-state index contributed by atoms with van der Waals surface area (Å²) in [5, 5.41) is 9.67. The van der Waals surface area contributed by atoms with Gasteiger partial charge in [-0.3, -0.25) is 15.2 Å². The Labute approximate surface area is 195 Å². The monoisotopic (exact) mass is 484 g/mol. The second kappa shape index (κ2) is 9.45. The molecule has 1 saturated heterocycles. The van der Waals surface area contributed by atoms with Crippen LogP contribution in [0.1, 0.15) is 43.5 Å². The van der Waals surface area contributed by atoms with Gasteiger partial charge in [-0.1, -0.05) is 48.1 Å². The highest BCUT2D eigenvalue weighted by atomic mass is 35.5. The van der Waals surface area contributed by atoms with E-state index < -0.39 is 0 Å². The van der Waals surface area contributed by atoms with Crippen LogP contribution < -0.4 is 10.4 Å². The van der Waals surface area contributed by atoms with Gasteiger partial charge in [-0.05, 0) is 49.6 Å². The number of hydrogen-bond acceptors (Lipinski definition) is 5. The van der Waals surface area contributed by atoms with Gasteiger partial charge in [-0.2, -0.15) is 5.10 Å². The van der Waals surface area contributed by atoms with E-state index in [-0.39, 0.29) is 17.9 Å². The van der Waals surface area contributed by atoms with Gasteiger partial charge in [0, 0.05) is 28.9 Å². The summed E-state index contributed by atoms with van der Waals surface area (Å²) in [5.74, 6) is -0.236. The molecule has 160 valence electrons. The van der Waals surface area contributed by atoms with E-state index in [2.05, 4.69) is 12.3 Å². The largest absolute Gasteiger partial charge is 0.284 e. The molecule has 1 fully saturated rings. The number of anilines is 1. The normalized spacial score (nSPS) is 22.3. The lowest BCUT2D eigenvalue weighted by atomic mass is 9.91. The lowest BCUT2D eigenvalue weighted by Gasteiger charge is -2.28. The molecule has 5 nitrogen and oxygen atoms in total. The molecule has 2 aliphatic heterocycles. The van der Waals surface area contributed by atoms with E-state index in [1.54, 1.807) is 12.1 Å². The van der Waals surface area contributed by atoms with Gasteiger partial charge in [0.1, 0.15) is 5.71 Å². The van der Waals surface area contributed by atoms with Gasteiger partial charge >= 0.3 is 0 Å². The third kappa shape index (κ3) is 4.48. The summed E-state index contributed by atoms with van der Waals surface area (Å²) in [6, 6.07) is 9.03. The van der Waals surface area contributed by atoms with E-state index in [0.29, 0.717) is 20.1 Å². The molecular formula is C21H23Cl3N4OS. The Morgan fingerprint density at radius 1 is 1.17 bits per heavy atom. The average molecular weight is 486 g/mol. The number of amides is 1. The fraction of sp³-hybridized carbons (Fsp3) is 0.429. The first-order valence-corrected chi connectivity index (χ1v) is 12.1. The number of carbonyl (C=O) groups excluding carboxylic acids is 1. The summed E-state index contributed by atoms with van der Waals surface area (Å²) in [4.78, 5) is 14.2. The maximum atomic E-state index is 13.2. The van der Waals surface area contributed by atoms with Crippen molar-refractivity contribution in [2.45, 2.75) is 38.6 Å². The quantitative estimate of drug-likeness (QED) is 0.551. The number of halogens is 3. The molecule has 2 aromatic rings. The van der Waals surface area contributed by atoms with Crippen LogP contribution in [0.25, 0.3) is 0 Å². The average Bonchev–Trinajstić information content (AvgIpc) is 3.32. The molecule has 9 heteroatoms. The van der Waals surface area contributed by atoms with E-state index in [1.165, 1.54) is 17.8 Å². The molecule has 0 saturated carbocycles. The Kier molecular flexibility index (Phi) is 6.90. The summed E-state index contributed by atoms with van der Waals surface area (Å²) < 4.78 is 0.702. The SMILES string of the molecule is CC[C@H]1C(C(=O)NN2CCCCC2)=NN(c2ccc(Cl)cc2Cl)[C@@H]1c1ccc(Cl)s1. The number of nitrogens with one attached hydrogen (secondary N) is 1. The molecule has 1 aromatic carbocycles. The second-order valence-electron chi connectivity index (χ2n) is 7.52. The third-order valence-corrected chi connectivity index (χ3v) is 7.38. The van der Waals surface area contributed by atoms with Crippen LogP contribution in [0.2, 0.25) is 14.4 Å². The fourth-order valence-corrected chi connectivity index (χ4v) is 5.79. The van der Waals surface area contributed by atoms with Crippen LogP contribution in [0, 0.1) is 5.92 Å². The van der Waals surface area contributed by atoms with Gasteiger partial charge in [-0.25, -0.2) is 5.01 Å². The molecular weight excluding hydrogens is 463 g/mol. The van der Waals surface area contributed by atoms with Crippen molar-refractivity contribution < 1.29 is 4.79 Å². The highest BCUT2D eigenvalue weighted by molar-refractivity contribution is 7.16. The molecule has 1 aromatic heterocycles. The van der Waals surface area contributed by atoms with E-state index >= 15 is 0 Å². The first-order chi connectivity index (χ1) is 14.5. The van der Waals surface area contributed by atoms with Gasteiger partial charge in [0.05, 0.1) is 21.1 Å². The molecule has 30 heavy (non-hydrogen) atoms. The lowest BCUT2D eigenvalue weighted by Crippen LogP contribution is -2.48. The number of nitrogens with zero attached hydrogens (tertiary/aromatic N) is 3. The summed E-state index contributed by atoms with van der Waals surface area (Å²) in [6.07, 6.45) is 4.14. The highest BCUT2D eigenvalue weighted by Gasteiger charge is 2.42. The second-order valence-corrected chi connectivity index (χ2v) is 10.1. The minimum atomic E-state index is -0.159. The zero-order valence-corrected chi connectivity index (χ0v) is 19.7. The molecule has 0 unspecified atom stereocenters. The molecule has 2 aliphatic rings. The molecule has 2 atom stereocenters. The van der Waals surface area contributed by atoms with Crippen LogP contribution in [0.15, 0.2) is 35.4 Å². The lowest BCUT2D eigenvalue weighted by molar-refractivity contribution is -0.120. The zero-order valence-electron chi connectivity index (χ0n) is 16.6. The van der Waals surface area contributed by atoms with Crippen LogP contribution in [-0.2, 0) is 4.79 Å². The van der Waals surface area contributed by atoms with Gasteiger partial charge in [0.25, 0.3) is 5.91 Å². The zero-order chi connectivity index (χ0) is 21.3. The molecule has 0 aliphatic carbocycles. The minimum Gasteiger partial charge on any atom is -0.284 e. The third-order valence-electron chi connectivity index (χ3n) is 5.54. The summed E-state index contributed by atoms with van der Waals surface area (Å²) in [7, 11) is 0. The maximum absolute atomic E-state index is 13.2. The first-order valence-electron chi connectivity index (χ1n) is 10.1. The number of rotatable bonds is 5. The van der Waals surface area contributed by atoms with Gasteiger partial charge in [0.15, 0.2) is 0 Å². The number of carbonyl (C=O) groups is 1.